The predicted octanol–water partition coefficient (Wildman–Crippen LogP) is 2.43. The van der Waals surface area contributed by atoms with Crippen molar-refractivity contribution in [2.75, 3.05) is 11.4 Å². The first kappa shape index (κ1) is 18.5. The van der Waals surface area contributed by atoms with Gasteiger partial charge >= 0.3 is 0 Å². The Morgan fingerprint density at radius 1 is 1.48 bits per heavy atom. The Bertz CT molecular complexity index is 674. The summed E-state index contributed by atoms with van der Waals surface area (Å²) in [5.74, 6) is 0.807. The van der Waals surface area contributed by atoms with Crippen LogP contribution in [0.3, 0.4) is 0 Å². The van der Waals surface area contributed by atoms with Crippen molar-refractivity contribution in [2.24, 2.45) is 0 Å². The summed E-state index contributed by atoms with van der Waals surface area (Å²) in [5, 5.41) is 2.89. The average molecular weight is 365 g/mol. The van der Waals surface area contributed by atoms with E-state index in [0.717, 1.165) is 36.5 Å². The van der Waals surface area contributed by atoms with Crippen LogP contribution < -0.4 is 14.9 Å². The van der Waals surface area contributed by atoms with Gasteiger partial charge in [-0.1, -0.05) is 0 Å². The van der Waals surface area contributed by atoms with E-state index in [4.69, 9.17) is 4.98 Å². The number of fused-ring (bicyclic) bond motifs is 1. The minimum absolute atomic E-state index is 0.0455. The summed E-state index contributed by atoms with van der Waals surface area (Å²) >= 11 is -1.20. The third kappa shape index (κ3) is 3.64. The molecule has 3 atom stereocenters. The molecule has 2 aliphatic heterocycles. The summed E-state index contributed by atoms with van der Waals surface area (Å²) in [4.78, 5) is 19.4. The summed E-state index contributed by atoms with van der Waals surface area (Å²) in [6.07, 6.45) is 2.28. The largest absolute Gasteiger partial charge is 0.598 e. The maximum atomic E-state index is 12.5. The lowest BCUT2D eigenvalue weighted by Crippen LogP contribution is -2.41. The highest BCUT2D eigenvalue weighted by Gasteiger charge is 2.33. The van der Waals surface area contributed by atoms with Gasteiger partial charge in [0.05, 0.1) is 11.7 Å². The third-order valence-electron chi connectivity index (χ3n) is 4.91. The molecule has 0 bridgehead atoms. The number of hydrogen-bond acceptors (Lipinski definition) is 5. The van der Waals surface area contributed by atoms with Crippen molar-refractivity contribution in [3.05, 3.63) is 22.9 Å². The number of anilines is 1. The fourth-order valence-corrected chi connectivity index (χ4v) is 4.19. The molecule has 1 saturated heterocycles. The highest BCUT2D eigenvalue weighted by molar-refractivity contribution is 7.90. The summed E-state index contributed by atoms with van der Waals surface area (Å²) in [6, 6.07) is 2.14. The molecule has 0 spiro atoms. The van der Waals surface area contributed by atoms with Gasteiger partial charge in [0.15, 0.2) is 0 Å². The Kier molecular flexibility index (Phi) is 5.01. The molecule has 138 valence electrons. The molecule has 1 amide bonds. The van der Waals surface area contributed by atoms with Gasteiger partial charge in [-0.3, -0.25) is 4.79 Å². The van der Waals surface area contributed by atoms with Crippen molar-refractivity contribution >= 4 is 23.1 Å². The van der Waals surface area contributed by atoms with Gasteiger partial charge in [0.2, 0.25) is 0 Å². The summed E-state index contributed by atoms with van der Waals surface area (Å²) in [7, 11) is 0. The van der Waals surface area contributed by atoms with E-state index in [2.05, 4.69) is 21.9 Å². The van der Waals surface area contributed by atoms with Crippen LogP contribution in [-0.2, 0) is 17.9 Å². The fraction of sp³-hybridized carbons (Fsp3) is 0.667. The minimum atomic E-state index is -1.20. The van der Waals surface area contributed by atoms with E-state index in [1.165, 1.54) is 0 Å². The molecule has 1 aromatic heterocycles. The van der Waals surface area contributed by atoms with Gasteiger partial charge in [-0.05, 0) is 53.5 Å². The third-order valence-corrected chi connectivity index (χ3v) is 6.59. The smallest absolute Gasteiger partial charge is 0.252 e. The van der Waals surface area contributed by atoms with Crippen molar-refractivity contribution in [3.8, 4) is 0 Å². The van der Waals surface area contributed by atoms with Crippen LogP contribution in [0, 0.1) is 0 Å². The summed E-state index contributed by atoms with van der Waals surface area (Å²) in [5.41, 5.74) is 2.45. The van der Waals surface area contributed by atoms with Crippen LogP contribution in [0.15, 0.2) is 6.07 Å². The molecule has 1 fully saturated rings. The summed E-state index contributed by atoms with van der Waals surface area (Å²) in [6.45, 7) is 11.4. The van der Waals surface area contributed by atoms with Crippen LogP contribution in [0.2, 0.25) is 0 Å². The monoisotopic (exact) mass is 364 g/mol. The molecular formula is C18H28N4O2S. The Hall–Kier alpha value is -1.31. The zero-order valence-corrected chi connectivity index (χ0v) is 16.5. The van der Waals surface area contributed by atoms with Crippen molar-refractivity contribution in [3.63, 3.8) is 0 Å². The quantitative estimate of drug-likeness (QED) is 0.802. The number of amides is 1. The summed E-state index contributed by atoms with van der Waals surface area (Å²) < 4.78 is 15.3. The van der Waals surface area contributed by atoms with Crippen molar-refractivity contribution < 1.29 is 9.35 Å². The van der Waals surface area contributed by atoms with Crippen LogP contribution in [-0.4, -0.2) is 32.8 Å². The molecular weight excluding hydrogens is 336 g/mol. The molecule has 25 heavy (non-hydrogen) atoms. The second-order valence-electron chi connectivity index (χ2n) is 7.98. The Labute approximate surface area is 153 Å². The van der Waals surface area contributed by atoms with Crippen molar-refractivity contribution in [2.45, 2.75) is 70.8 Å². The molecule has 3 rings (SSSR count). The zero-order valence-electron chi connectivity index (χ0n) is 15.7. The molecule has 6 nitrogen and oxygen atoms in total. The molecule has 1 aromatic rings. The maximum Gasteiger partial charge on any atom is 0.252 e. The fourth-order valence-electron chi connectivity index (χ4n) is 3.40. The van der Waals surface area contributed by atoms with Crippen LogP contribution in [0.25, 0.3) is 0 Å². The molecule has 0 radical (unpaired) electrons. The second-order valence-corrected chi connectivity index (χ2v) is 9.98. The highest BCUT2D eigenvalue weighted by atomic mass is 32.2. The number of pyridine rings is 1. The van der Waals surface area contributed by atoms with Gasteiger partial charge in [-0.15, -0.1) is 4.72 Å². The number of carbonyl (C=O) groups is 1. The predicted molar refractivity (Wildman–Crippen MR) is 101 cm³/mol. The zero-order chi connectivity index (χ0) is 18.4. The van der Waals surface area contributed by atoms with E-state index in [9.17, 15) is 9.35 Å². The standard InChI is InChI=1S/C18H28N4O2S/c1-11-7-6-8-22(11)15-9-13-14(10-19-17(13)23)16(20-15)12(2)21-25(24)18(3,4)5/h9,11-12,21H,6-8,10H2,1-5H3,(H,19,23)/t11-,12?,25?/m1/s1. The molecule has 3 heterocycles. The van der Waals surface area contributed by atoms with Crippen molar-refractivity contribution in [1.29, 1.82) is 0 Å². The van der Waals surface area contributed by atoms with Crippen LogP contribution in [0.5, 0.6) is 0 Å². The lowest BCUT2D eigenvalue weighted by molar-refractivity contribution is 0.0965. The van der Waals surface area contributed by atoms with Gasteiger partial charge in [0.25, 0.3) is 5.91 Å². The van der Waals surface area contributed by atoms with Gasteiger partial charge in [-0.2, -0.15) is 0 Å². The van der Waals surface area contributed by atoms with Gasteiger partial charge in [0.1, 0.15) is 10.6 Å². The number of nitrogens with one attached hydrogen (secondary N) is 2. The average Bonchev–Trinajstić information content (AvgIpc) is 3.12. The van der Waals surface area contributed by atoms with Gasteiger partial charge < -0.3 is 14.8 Å². The number of rotatable bonds is 4. The Morgan fingerprint density at radius 2 is 2.20 bits per heavy atom. The molecule has 2 unspecified atom stereocenters. The molecule has 0 saturated carbocycles. The van der Waals surface area contributed by atoms with E-state index in [0.29, 0.717) is 18.2 Å². The van der Waals surface area contributed by atoms with Gasteiger partial charge in [-0.25, -0.2) is 4.98 Å². The van der Waals surface area contributed by atoms with Crippen LogP contribution in [0.1, 0.15) is 75.1 Å². The molecule has 2 aliphatic rings. The second kappa shape index (κ2) is 6.78. The maximum absolute atomic E-state index is 12.5. The van der Waals surface area contributed by atoms with Gasteiger partial charge in [0, 0.05) is 41.6 Å². The Balaban J connectivity index is 1.96. The van der Waals surface area contributed by atoms with Crippen LogP contribution >= 0.6 is 0 Å². The first-order valence-corrected chi connectivity index (χ1v) is 10.1. The number of hydrogen-bond donors (Lipinski definition) is 2. The van der Waals surface area contributed by atoms with E-state index in [1.807, 2.05) is 33.8 Å². The molecule has 2 N–H and O–H groups in total. The lowest BCUT2D eigenvalue weighted by atomic mass is 10.0. The number of nitrogens with zero attached hydrogens (tertiary/aromatic N) is 2. The highest BCUT2D eigenvalue weighted by Crippen LogP contribution is 2.31. The van der Waals surface area contributed by atoms with E-state index in [1.54, 1.807) is 0 Å². The van der Waals surface area contributed by atoms with E-state index < -0.39 is 11.4 Å². The molecule has 0 aliphatic carbocycles. The normalized spacial score (nSPS) is 22.7. The van der Waals surface area contributed by atoms with Crippen LogP contribution in [0.4, 0.5) is 5.82 Å². The topological polar surface area (TPSA) is 80.3 Å². The first-order valence-electron chi connectivity index (χ1n) is 8.95. The lowest BCUT2D eigenvalue weighted by Gasteiger charge is -2.28. The Morgan fingerprint density at radius 3 is 2.80 bits per heavy atom. The SMILES string of the molecule is CC(N[S+]([O-])C(C)(C)C)c1nc(N2CCC[C@H]2C)cc2c1CNC2=O. The van der Waals surface area contributed by atoms with E-state index in [-0.39, 0.29) is 16.7 Å². The number of aromatic nitrogens is 1. The van der Waals surface area contributed by atoms with E-state index >= 15 is 0 Å². The molecule has 0 aromatic carbocycles. The van der Waals surface area contributed by atoms with Crippen molar-refractivity contribution in [1.82, 2.24) is 15.0 Å². The first-order chi connectivity index (χ1) is 11.7. The number of carbonyl (C=O) groups excluding carboxylic acids is 1. The molecule has 7 heteroatoms. The minimum Gasteiger partial charge on any atom is -0.598 e.